The van der Waals surface area contributed by atoms with E-state index >= 15 is 0 Å². The molecule has 1 atom stereocenters. The number of para-hydroxylation sites is 2. The van der Waals surface area contributed by atoms with Crippen LogP contribution in [0.3, 0.4) is 0 Å². The van der Waals surface area contributed by atoms with Gasteiger partial charge in [-0.2, -0.15) is 0 Å². The summed E-state index contributed by atoms with van der Waals surface area (Å²) in [4.78, 5) is 63.8. The van der Waals surface area contributed by atoms with Gasteiger partial charge in [0.05, 0.1) is 40.4 Å². The SMILES string of the molecule is CCOC(=O)/C=C1\SC(=Nc2ccccc2)N(C(C)CN2C(=O)/C(=C\C(=O)OCC)SC2=Nc2ccccc2)C1=O. The van der Waals surface area contributed by atoms with Crippen molar-refractivity contribution in [2.75, 3.05) is 19.8 Å². The minimum absolute atomic E-state index is 0.0461. The minimum atomic E-state index is -0.631. The molecule has 1 unspecified atom stereocenters. The Bertz CT molecular complexity index is 1440. The van der Waals surface area contributed by atoms with Gasteiger partial charge in [-0.25, -0.2) is 19.6 Å². The van der Waals surface area contributed by atoms with Gasteiger partial charge in [0.15, 0.2) is 10.3 Å². The Hall–Kier alpha value is -4.16. The molecule has 10 nitrogen and oxygen atoms in total. The average Bonchev–Trinajstić information content (AvgIpc) is 3.40. The topological polar surface area (TPSA) is 118 Å². The molecule has 2 aromatic rings. The Morgan fingerprint density at radius 1 is 0.780 bits per heavy atom. The van der Waals surface area contributed by atoms with E-state index in [1.54, 1.807) is 45.0 Å². The predicted molar refractivity (Wildman–Crippen MR) is 160 cm³/mol. The highest BCUT2D eigenvalue weighted by atomic mass is 32.2. The number of rotatable bonds is 9. The lowest BCUT2D eigenvalue weighted by atomic mass is 10.2. The quantitative estimate of drug-likeness (QED) is 0.301. The van der Waals surface area contributed by atoms with E-state index in [-0.39, 0.29) is 29.6 Å². The maximum absolute atomic E-state index is 13.5. The van der Waals surface area contributed by atoms with Gasteiger partial charge in [-0.05, 0) is 68.6 Å². The van der Waals surface area contributed by atoms with Crippen molar-refractivity contribution >= 4 is 69.0 Å². The number of benzene rings is 2. The van der Waals surface area contributed by atoms with E-state index in [1.165, 1.54) is 9.80 Å². The number of aliphatic imine (C=N–C) groups is 2. The van der Waals surface area contributed by atoms with Gasteiger partial charge in [-0.15, -0.1) is 0 Å². The number of carbonyl (C=O) groups is 4. The fraction of sp³-hybridized carbons (Fsp3) is 0.241. The Morgan fingerprint density at radius 3 is 1.76 bits per heavy atom. The number of amides is 2. The number of hydrogen-bond donors (Lipinski definition) is 0. The van der Waals surface area contributed by atoms with Gasteiger partial charge in [-0.3, -0.25) is 19.4 Å². The van der Waals surface area contributed by atoms with Gasteiger partial charge >= 0.3 is 11.9 Å². The molecule has 2 saturated heterocycles. The van der Waals surface area contributed by atoms with Crippen LogP contribution in [0.4, 0.5) is 11.4 Å². The summed E-state index contributed by atoms with van der Waals surface area (Å²) in [6, 6.07) is 17.6. The van der Waals surface area contributed by atoms with E-state index < -0.39 is 29.8 Å². The van der Waals surface area contributed by atoms with E-state index in [9.17, 15) is 19.2 Å². The molecule has 2 heterocycles. The van der Waals surface area contributed by atoms with Crippen molar-refractivity contribution in [2.24, 2.45) is 9.98 Å². The fourth-order valence-electron chi connectivity index (χ4n) is 3.86. The molecular weight excluding hydrogens is 564 g/mol. The first-order valence-corrected chi connectivity index (χ1v) is 14.5. The lowest BCUT2D eigenvalue weighted by Crippen LogP contribution is -2.46. The molecule has 0 spiro atoms. The van der Waals surface area contributed by atoms with Crippen molar-refractivity contribution in [3.05, 3.63) is 82.6 Å². The molecule has 12 heteroatoms. The number of ether oxygens (including phenoxy) is 2. The number of nitrogens with zero attached hydrogens (tertiary/aromatic N) is 4. The summed E-state index contributed by atoms with van der Waals surface area (Å²) in [5.41, 5.74) is 1.24. The van der Waals surface area contributed by atoms with Crippen LogP contribution in [0.5, 0.6) is 0 Å². The molecule has 2 aliphatic heterocycles. The molecule has 0 saturated carbocycles. The van der Waals surface area contributed by atoms with Gasteiger partial charge in [0.25, 0.3) is 11.8 Å². The van der Waals surface area contributed by atoms with Crippen molar-refractivity contribution in [2.45, 2.75) is 26.8 Å². The maximum Gasteiger partial charge on any atom is 0.332 e. The van der Waals surface area contributed by atoms with Crippen LogP contribution >= 0.6 is 23.5 Å². The van der Waals surface area contributed by atoms with Gasteiger partial charge in [0.2, 0.25) is 0 Å². The molecule has 4 rings (SSSR count). The largest absolute Gasteiger partial charge is 0.463 e. The zero-order chi connectivity index (χ0) is 29.4. The molecule has 2 aromatic carbocycles. The first kappa shape index (κ1) is 29.8. The number of esters is 2. The van der Waals surface area contributed by atoms with E-state index in [1.807, 2.05) is 36.4 Å². The second-order valence-electron chi connectivity index (χ2n) is 8.63. The van der Waals surface area contributed by atoms with Crippen LogP contribution < -0.4 is 0 Å². The second kappa shape index (κ2) is 14.0. The third-order valence-electron chi connectivity index (χ3n) is 5.65. The lowest BCUT2D eigenvalue weighted by Gasteiger charge is -2.27. The van der Waals surface area contributed by atoms with Crippen molar-refractivity contribution in [3.63, 3.8) is 0 Å². The molecule has 0 N–H and O–H groups in total. The number of hydrogen-bond acceptors (Lipinski definition) is 10. The molecule has 2 amide bonds. The van der Waals surface area contributed by atoms with E-state index in [0.29, 0.717) is 21.7 Å². The molecule has 2 aliphatic rings. The first-order chi connectivity index (χ1) is 19.8. The first-order valence-electron chi connectivity index (χ1n) is 12.9. The van der Waals surface area contributed by atoms with Crippen molar-refractivity contribution in [1.82, 2.24) is 9.80 Å². The van der Waals surface area contributed by atoms with Crippen LogP contribution in [0.2, 0.25) is 0 Å². The Morgan fingerprint density at radius 2 is 1.24 bits per heavy atom. The van der Waals surface area contributed by atoms with Crippen LogP contribution in [0.25, 0.3) is 0 Å². The zero-order valence-electron chi connectivity index (χ0n) is 22.7. The fourth-order valence-corrected chi connectivity index (χ4v) is 5.88. The molecular formula is C29H28N4O6S2. The minimum Gasteiger partial charge on any atom is -0.463 e. The summed E-state index contributed by atoms with van der Waals surface area (Å²) in [6.45, 7) is 5.53. The van der Waals surface area contributed by atoms with Gasteiger partial charge < -0.3 is 9.47 Å². The number of carbonyl (C=O) groups excluding carboxylic acids is 4. The van der Waals surface area contributed by atoms with Crippen LogP contribution in [0, 0.1) is 0 Å². The highest BCUT2D eigenvalue weighted by Gasteiger charge is 2.41. The van der Waals surface area contributed by atoms with Crippen LogP contribution in [0.1, 0.15) is 20.8 Å². The van der Waals surface area contributed by atoms with Crippen LogP contribution in [-0.4, -0.2) is 69.7 Å². The van der Waals surface area contributed by atoms with Gasteiger partial charge in [-0.1, -0.05) is 36.4 Å². The highest BCUT2D eigenvalue weighted by Crippen LogP contribution is 2.37. The Kier molecular flexibility index (Phi) is 10.1. The standard InChI is InChI=1S/C29H28N4O6S2/c1-4-38-24(34)16-22-26(36)32(28(40-22)30-20-12-8-6-9-13-20)18-19(3)33-27(37)23(17-25(35)39-5-2)41-29(33)31-21-14-10-7-11-15-21/h6-17,19H,4-5,18H2,1-3H3/b22-16+,23-17-,30-28?,31-29?. The molecule has 212 valence electrons. The Balaban J connectivity index is 1.68. The smallest absolute Gasteiger partial charge is 0.332 e. The zero-order valence-corrected chi connectivity index (χ0v) is 24.3. The maximum atomic E-state index is 13.5. The average molecular weight is 593 g/mol. The summed E-state index contributed by atoms with van der Waals surface area (Å²) in [7, 11) is 0. The van der Waals surface area contributed by atoms with Gasteiger partial charge in [0.1, 0.15) is 0 Å². The third kappa shape index (κ3) is 7.53. The van der Waals surface area contributed by atoms with Gasteiger partial charge in [0, 0.05) is 18.7 Å². The van der Waals surface area contributed by atoms with Crippen molar-refractivity contribution in [1.29, 1.82) is 0 Å². The molecule has 41 heavy (non-hydrogen) atoms. The lowest BCUT2D eigenvalue weighted by molar-refractivity contribution is -0.138. The molecule has 0 bridgehead atoms. The van der Waals surface area contributed by atoms with E-state index in [2.05, 4.69) is 9.98 Å². The monoisotopic (exact) mass is 592 g/mol. The normalized spacial score (nSPS) is 20.0. The second-order valence-corrected chi connectivity index (χ2v) is 10.6. The number of thioether (sulfide) groups is 2. The summed E-state index contributed by atoms with van der Waals surface area (Å²) in [5.74, 6) is -2.13. The Labute approximate surface area is 246 Å². The van der Waals surface area contributed by atoms with E-state index in [0.717, 1.165) is 35.7 Å². The van der Waals surface area contributed by atoms with Crippen molar-refractivity contribution < 1.29 is 28.7 Å². The summed E-state index contributed by atoms with van der Waals surface area (Å²) in [6.07, 6.45) is 2.31. The van der Waals surface area contributed by atoms with Crippen LogP contribution in [0.15, 0.2) is 92.6 Å². The predicted octanol–water partition coefficient (Wildman–Crippen LogP) is 4.80. The van der Waals surface area contributed by atoms with Crippen LogP contribution in [-0.2, 0) is 28.7 Å². The van der Waals surface area contributed by atoms with E-state index in [4.69, 9.17) is 9.47 Å². The molecule has 0 aliphatic carbocycles. The number of amidine groups is 2. The molecule has 0 aromatic heterocycles. The summed E-state index contributed by atoms with van der Waals surface area (Å²) in [5, 5.41) is 0.708. The molecule has 0 radical (unpaired) electrons. The van der Waals surface area contributed by atoms with Crippen molar-refractivity contribution in [3.8, 4) is 0 Å². The summed E-state index contributed by atoms with van der Waals surface area (Å²) < 4.78 is 9.99. The third-order valence-corrected chi connectivity index (χ3v) is 7.64. The highest BCUT2D eigenvalue weighted by molar-refractivity contribution is 8.19. The molecule has 2 fully saturated rings. The summed E-state index contributed by atoms with van der Waals surface area (Å²) >= 11 is 2.11.